The Morgan fingerprint density at radius 1 is 0.900 bits per heavy atom. The van der Waals surface area contributed by atoms with E-state index in [4.69, 9.17) is 0 Å². The Balaban J connectivity index is 2.24. The van der Waals surface area contributed by atoms with Gasteiger partial charge in [-0.15, -0.1) is 0 Å². The Morgan fingerprint density at radius 3 is 2.10 bits per heavy atom. The van der Waals surface area contributed by atoms with Gasteiger partial charge in [-0.2, -0.15) is 0 Å². The number of hydrogen-bond acceptors (Lipinski definition) is 2. The zero-order valence-corrected chi connectivity index (χ0v) is 14.9. The number of aliphatic hydroxyl groups excluding tert-OH is 1. The predicted molar refractivity (Wildman–Crippen MR) is 84.2 cm³/mol. The molecular formula is C17H18O2Sn. The molecule has 1 N–H and O–H groups in total. The van der Waals surface area contributed by atoms with E-state index in [1.54, 1.807) is 0 Å². The predicted octanol–water partition coefficient (Wildman–Crippen LogP) is 2.94. The second kappa shape index (κ2) is 4.71. The van der Waals surface area contributed by atoms with Gasteiger partial charge in [-0.1, -0.05) is 0 Å². The first kappa shape index (κ1) is 13.8. The van der Waals surface area contributed by atoms with Crippen LogP contribution < -0.4 is 3.58 Å². The third-order valence-corrected chi connectivity index (χ3v) is 9.76. The van der Waals surface area contributed by atoms with Gasteiger partial charge in [0.15, 0.2) is 0 Å². The van der Waals surface area contributed by atoms with E-state index in [0.717, 1.165) is 27.8 Å². The SMILES string of the molecule is [CH3][Sn]([CH3])([CH3])[c]1ccc2c(c1)-c1cc(CO)ccc1C2=O. The average Bonchev–Trinajstić information content (AvgIpc) is 2.70. The summed E-state index contributed by atoms with van der Waals surface area (Å²) in [5.74, 6) is 0.107. The molecule has 1 aliphatic carbocycles. The van der Waals surface area contributed by atoms with E-state index >= 15 is 0 Å². The number of carbonyl (C=O) groups excluding carboxylic acids is 1. The molecule has 0 amide bonds. The molecule has 3 heteroatoms. The summed E-state index contributed by atoms with van der Waals surface area (Å²) in [4.78, 5) is 19.5. The van der Waals surface area contributed by atoms with Gasteiger partial charge >= 0.3 is 123 Å². The van der Waals surface area contributed by atoms with Crippen LogP contribution in [0.1, 0.15) is 21.5 Å². The van der Waals surface area contributed by atoms with Gasteiger partial charge < -0.3 is 0 Å². The molecule has 2 aromatic rings. The number of ketones is 1. The van der Waals surface area contributed by atoms with Crippen LogP contribution in [0, 0.1) is 0 Å². The van der Waals surface area contributed by atoms with Crippen molar-refractivity contribution in [3.8, 4) is 11.1 Å². The number of fused-ring (bicyclic) bond motifs is 3. The van der Waals surface area contributed by atoms with Crippen molar-refractivity contribution in [3.05, 3.63) is 53.1 Å². The van der Waals surface area contributed by atoms with Gasteiger partial charge in [0.2, 0.25) is 0 Å². The average molecular weight is 373 g/mol. The van der Waals surface area contributed by atoms with Crippen LogP contribution in [0.2, 0.25) is 14.8 Å². The quantitative estimate of drug-likeness (QED) is 0.702. The van der Waals surface area contributed by atoms with E-state index in [1.165, 1.54) is 3.58 Å². The summed E-state index contributed by atoms with van der Waals surface area (Å²) in [6.07, 6.45) is 0. The molecule has 20 heavy (non-hydrogen) atoms. The second-order valence-electron chi connectivity index (χ2n) is 6.38. The zero-order valence-electron chi connectivity index (χ0n) is 12.0. The summed E-state index contributed by atoms with van der Waals surface area (Å²) in [6, 6.07) is 11.9. The van der Waals surface area contributed by atoms with Crippen LogP contribution in [0.5, 0.6) is 0 Å². The second-order valence-corrected chi connectivity index (χ2v) is 20.9. The number of aliphatic hydroxyl groups is 1. The van der Waals surface area contributed by atoms with Crippen molar-refractivity contribution < 1.29 is 9.90 Å². The molecule has 0 bridgehead atoms. The fraction of sp³-hybridized carbons (Fsp3) is 0.235. The van der Waals surface area contributed by atoms with Crippen molar-refractivity contribution in [3.63, 3.8) is 0 Å². The van der Waals surface area contributed by atoms with E-state index in [1.807, 2.05) is 24.3 Å². The van der Waals surface area contributed by atoms with Crippen LogP contribution in [0.4, 0.5) is 0 Å². The molecule has 0 aliphatic heterocycles. The first-order chi connectivity index (χ1) is 9.41. The summed E-state index contributed by atoms with van der Waals surface area (Å²) in [6.45, 7) is 0.00892. The van der Waals surface area contributed by atoms with Crippen molar-refractivity contribution in [2.75, 3.05) is 0 Å². The van der Waals surface area contributed by atoms with Crippen LogP contribution in [0.15, 0.2) is 36.4 Å². The molecule has 0 saturated heterocycles. The molecule has 0 atom stereocenters. The number of benzene rings is 2. The van der Waals surface area contributed by atoms with Crippen LogP contribution >= 0.6 is 0 Å². The summed E-state index contributed by atoms with van der Waals surface area (Å²) in [5, 5.41) is 9.29. The topological polar surface area (TPSA) is 37.3 Å². The first-order valence-electron chi connectivity index (χ1n) is 6.85. The normalized spacial score (nSPS) is 13.3. The Kier molecular flexibility index (Phi) is 3.26. The number of carbonyl (C=O) groups is 1. The van der Waals surface area contributed by atoms with Gasteiger partial charge in [0, 0.05) is 0 Å². The van der Waals surface area contributed by atoms with E-state index < -0.39 is 18.4 Å². The molecule has 1 aliphatic rings. The maximum atomic E-state index is 12.4. The minimum absolute atomic E-state index is 0.00892. The molecule has 2 nitrogen and oxygen atoms in total. The molecule has 0 radical (unpaired) electrons. The van der Waals surface area contributed by atoms with Gasteiger partial charge in [0.1, 0.15) is 0 Å². The van der Waals surface area contributed by atoms with Gasteiger partial charge in [0.25, 0.3) is 0 Å². The Morgan fingerprint density at radius 2 is 1.50 bits per heavy atom. The van der Waals surface area contributed by atoms with Gasteiger partial charge in [0.05, 0.1) is 0 Å². The fourth-order valence-corrected chi connectivity index (χ4v) is 6.00. The van der Waals surface area contributed by atoms with E-state index in [0.29, 0.717) is 0 Å². The monoisotopic (exact) mass is 374 g/mol. The fourth-order valence-electron chi connectivity index (χ4n) is 2.69. The molecular weight excluding hydrogens is 355 g/mol. The van der Waals surface area contributed by atoms with Crippen LogP contribution in [-0.4, -0.2) is 29.3 Å². The zero-order chi connectivity index (χ0) is 14.5. The van der Waals surface area contributed by atoms with Crippen molar-refractivity contribution in [2.45, 2.75) is 21.4 Å². The van der Waals surface area contributed by atoms with Gasteiger partial charge in [-0.25, -0.2) is 0 Å². The first-order valence-corrected chi connectivity index (χ1v) is 16.8. The van der Waals surface area contributed by atoms with Crippen LogP contribution in [0.25, 0.3) is 11.1 Å². The molecule has 0 fully saturated rings. The summed E-state index contributed by atoms with van der Waals surface area (Å²) in [7, 11) is 0. The standard InChI is InChI=1S/C14H9O2.3CH3.Sn/c15-8-9-5-6-12-13(7-9)10-3-1-2-4-11(10)14(12)16;;;;/h2-7,15H,8H2;3*1H3;. The Hall–Kier alpha value is -1.13. The molecule has 0 aromatic heterocycles. The van der Waals surface area contributed by atoms with Crippen molar-refractivity contribution >= 4 is 27.7 Å². The minimum atomic E-state index is -2.15. The molecule has 0 heterocycles. The Labute approximate surface area is 123 Å². The van der Waals surface area contributed by atoms with Crippen molar-refractivity contribution in [1.29, 1.82) is 0 Å². The molecule has 2 aromatic carbocycles. The van der Waals surface area contributed by atoms with E-state index in [2.05, 4.69) is 27.0 Å². The van der Waals surface area contributed by atoms with Gasteiger partial charge in [-0.3, -0.25) is 0 Å². The molecule has 3 rings (SSSR count). The Bertz CT molecular complexity index is 711. The third-order valence-electron chi connectivity index (χ3n) is 3.93. The van der Waals surface area contributed by atoms with Crippen LogP contribution in [0.3, 0.4) is 0 Å². The summed E-state index contributed by atoms with van der Waals surface area (Å²) in [5.41, 5.74) is 4.44. The summed E-state index contributed by atoms with van der Waals surface area (Å²) >= 11 is -2.15. The summed E-state index contributed by atoms with van der Waals surface area (Å²) < 4.78 is 1.42. The maximum absolute atomic E-state index is 12.4. The molecule has 102 valence electrons. The molecule has 0 unspecified atom stereocenters. The molecule has 0 saturated carbocycles. The van der Waals surface area contributed by atoms with Crippen molar-refractivity contribution in [1.82, 2.24) is 0 Å². The third kappa shape index (κ3) is 2.11. The number of hydrogen-bond donors (Lipinski definition) is 1. The molecule has 0 spiro atoms. The number of rotatable bonds is 2. The van der Waals surface area contributed by atoms with E-state index in [9.17, 15) is 9.90 Å². The van der Waals surface area contributed by atoms with E-state index in [-0.39, 0.29) is 12.4 Å². The van der Waals surface area contributed by atoms with Gasteiger partial charge in [-0.05, 0) is 0 Å². The van der Waals surface area contributed by atoms with Crippen molar-refractivity contribution in [2.24, 2.45) is 0 Å². The van der Waals surface area contributed by atoms with Crippen LogP contribution in [-0.2, 0) is 6.61 Å².